The Labute approximate surface area is 174 Å². The molecule has 1 fully saturated rings. The number of Topliss-reactive ketones (excluding diaryl/α,β-unsaturated/α-hetero) is 1. The van der Waals surface area contributed by atoms with E-state index in [9.17, 15) is 9.90 Å². The first-order valence-corrected chi connectivity index (χ1v) is 10.2. The largest absolute Gasteiger partial charge is 0.507 e. The highest BCUT2D eigenvalue weighted by molar-refractivity contribution is 6.42. The summed E-state index contributed by atoms with van der Waals surface area (Å²) in [6.07, 6.45) is 5.19. The zero-order valence-electron chi connectivity index (χ0n) is 15.6. The van der Waals surface area contributed by atoms with E-state index < -0.39 is 0 Å². The maximum Gasteiger partial charge on any atom is 0.232 e. The molecule has 0 saturated carbocycles. The van der Waals surface area contributed by atoms with Crippen molar-refractivity contribution in [2.45, 2.75) is 32.7 Å². The number of carbonyl (C=O) groups excluding carboxylic acids is 1. The van der Waals surface area contributed by atoms with Gasteiger partial charge >= 0.3 is 0 Å². The minimum absolute atomic E-state index is 0.172. The van der Waals surface area contributed by atoms with Gasteiger partial charge in [0.2, 0.25) is 5.78 Å². The quantitative estimate of drug-likeness (QED) is 0.659. The van der Waals surface area contributed by atoms with Crippen molar-refractivity contribution in [1.82, 2.24) is 4.90 Å². The van der Waals surface area contributed by atoms with Gasteiger partial charge < -0.3 is 9.84 Å². The summed E-state index contributed by atoms with van der Waals surface area (Å²) in [6, 6.07) is 6.80. The van der Waals surface area contributed by atoms with Gasteiger partial charge in [0, 0.05) is 6.54 Å². The van der Waals surface area contributed by atoms with Crippen molar-refractivity contribution < 1.29 is 14.6 Å². The third kappa shape index (κ3) is 3.64. The van der Waals surface area contributed by atoms with Crippen LogP contribution in [0.4, 0.5) is 0 Å². The van der Waals surface area contributed by atoms with Crippen LogP contribution in [0.15, 0.2) is 30.0 Å². The van der Waals surface area contributed by atoms with Crippen LogP contribution < -0.4 is 4.74 Å². The number of nitrogens with zero attached hydrogens (tertiary/aromatic N) is 1. The molecule has 4 rings (SSSR count). The van der Waals surface area contributed by atoms with Crippen LogP contribution in [0.3, 0.4) is 0 Å². The molecule has 0 spiro atoms. The van der Waals surface area contributed by atoms with E-state index in [0.29, 0.717) is 39.0 Å². The van der Waals surface area contributed by atoms with Gasteiger partial charge in [0.1, 0.15) is 11.5 Å². The fourth-order valence-corrected chi connectivity index (χ4v) is 4.13. The lowest BCUT2D eigenvalue weighted by atomic mass is 9.98. The van der Waals surface area contributed by atoms with Gasteiger partial charge in [0.05, 0.1) is 21.2 Å². The highest BCUT2D eigenvalue weighted by Gasteiger charge is 2.33. The number of ketones is 1. The molecule has 0 unspecified atom stereocenters. The Morgan fingerprint density at radius 2 is 1.89 bits per heavy atom. The Hall–Kier alpha value is -2.01. The molecule has 2 aliphatic rings. The van der Waals surface area contributed by atoms with Gasteiger partial charge in [-0.3, -0.25) is 9.69 Å². The molecular formula is C22H21Cl2NO3. The summed E-state index contributed by atoms with van der Waals surface area (Å²) in [5.41, 5.74) is 2.63. The van der Waals surface area contributed by atoms with Crippen molar-refractivity contribution in [3.63, 3.8) is 0 Å². The minimum atomic E-state index is -0.182. The molecule has 28 heavy (non-hydrogen) atoms. The number of benzene rings is 2. The second-order valence-corrected chi connectivity index (χ2v) is 8.16. The standard InChI is InChI=1S/C22H21Cl2NO3/c1-13-9-18(26)15(12-25-7-3-2-4-8-25)22-20(13)21(27)19(28-22)11-14-5-6-16(23)17(24)10-14/h5-6,9-11,26H,2-4,7-8,12H2,1H3/b19-11-. The van der Waals surface area contributed by atoms with E-state index in [1.807, 2.05) is 6.92 Å². The molecule has 2 aromatic rings. The number of piperidine rings is 1. The van der Waals surface area contributed by atoms with E-state index in [2.05, 4.69) is 4.90 Å². The Bertz CT molecular complexity index is 978. The number of ether oxygens (including phenoxy) is 1. The molecule has 1 N–H and O–H groups in total. The third-order valence-corrected chi connectivity index (χ3v) is 6.03. The van der Waals surface area contributed by atoms with Crippen molar-refractivity contribution in [2.24, 2.45) is 0 Å². The number of rotatable bonds is 3. The molecule has 2 aromatic carbocycles. The first-order chi connectivity index (χ1) is 13.4. The SMILES string of the molecule is Cc1cc(O)c(CN2CCCCC2)c2c1C(=O)/C(=C/c1ccc(Cl)c(Cl)c1)O2. The van der Waals surface area contributed by atoms with Gasteiger partial charge in [-0.1, -0.05) is 35.7 Å². The number of aromatic hydroxyl groups is 1. The number of hydrogen-bond donors (Lipinski definition) is 1. The first kappa shape index (κ1) is 19.3. The van der Waals surface area contributed by atoms with E-state index in [1.54, 1.807) is 30.3 Å². The Morgan fingerprint density at radius 3 is 2.61 bits per heavy atom. The van der Waals surface area contributed by atoms with E-state index >= 15 is 0 Å². The van der Waals surface area contributed by atoms with Gasteiger partial charge in [0.15, 0.2) is 5.76 Å². The second-order valence-electron chi connectivity index (χ2n) is 7.35. The van der Waals surface area contributed by atoms with Crippen molar-refractivity contribution in [2.75, 3.05) is 13.1 Å². The Kier molecular flexibility index (Phi) is 5.37. The van der Waals surface area contributed by atoms with Gasteiger partial charge in [-0.2, -0.15) is 0 Å². The second kappa shape index (κ2) is 7.78. The number of fused-ring (bicyclic) bond motifs is 1. The first-order valence-electron chi connectivity index (χ1n) is 9.41. The van der Waals surface area contributed by atoms with E-state index in [4.69, 9.17) is 27.9 Å². The van der Waals surface area contributed by atoms with Crippen LogP contribution in [0.2, 0.25) is 10.0 Å². The molecule has 0 aromatic heterocycles. The van der Waals surface area contributed by atoms with Crippen LogP contribution in [0.5, 0.6) is 11.5 Å². The number of hydrogen-bond acceptors (Lipinski definition) is 4. The van der Waals surface area contributed by atoms with Gasteiger partial charge in [0.25, 0.3) is 0 Å². The topological polar surface area (TPSA) is 49.8 Å². The van der Waals surface area contributed by atoms with E-state index in [0.717, 1.165) is 31.5 Å². The molecule has 2 heterocycles. The van der Waals surface area contributed by atoms with E-state index in [1.165, 1.54) is 6.42 Å². The summed E-state index contributed by atoms with van der Waals surface area (Å²) in [4.78, 5) is 15.3. The molecule has 0 amide bonds. The van der Waals surface area contributed by atoms with E-state index in [-0.39, 0.29) is 17.3 Å². The molecule has 0 aliphatic carbocycles. The fraction of sp³-hybridized carbons (Fsp3) is 0.318. The molecular weight excluding hydrogens is 397 g/mol. The van der Waals surface area contributed by atoms with Crippen LogP contribution in [-0.2, 0) is 6.54 Å². The van der Waals surface area contributed by atoms with Crippen molar-refractivity contribution in [3.8, 4) is 11.5 Å². The monoisotopic (exact) mass is 417 g/mol. The zero-order chi connectivity index (χ0) is 19.8. The smallest absolute Gasteiger partial charge is 0.232 e. The Balaban J connectivity index is 1.70. The number of halogens is 2. The lowest BCUT2D eigenvalue weighted by molar-refractivity contribution is 0.101. The van der Waals surface area contributed by atoms with Crippen molar-refractivity contribution in [1.29, 1.82) is 0 Å². The summed E-state index contributed by atoms with van der Waals surface area (Å²) in [6.45, 7) is 4.36. The molecule has 0 bridgehead atoms. The molecule has 4 nitrogen and oxygen atoms in total. The normalized spacial score (nSPS) is 18.4. The zero-order valence-corrected chi connectivity index (χ0v) is 17.1. The maximum absolute atomic E-state index is 13.0. The molecule has 6 heteroatoms. The predicted molar refractivity (Wildman–Crippen MR) is 111 cm³/mol. The fourth-order valence-electron chi connectivity index (χ4n) is 3.83. The predicted octanol–water partition coefficient (Wildman–Crippen LogP) is 5.61. The van der Waals surface area contributed by atoms with Crippen molar-refractivity contribution in [3.05, 3.63) is 62.3 Å². The molecule has 0 atom stereocenters. The van der Waals surface area contributed by atoms with Crippen LogP contribution >= 0.6 is 23.2 Å². The van der Waals surface area contributed by atoms with Crippen LogP contribution in [0, 0.1) is 6.92 Å². The Morgan fingerprint density at radius 1 is 1.14 bits per heavy atom. The van der Waals surface area contributed by atoms with Crippen LogP contribution in [-0.4, -0.2) is 28.9 Å². The highest BCUT2D eigenvalue weighted by Crippen LogP contribution is 2.42. The summed E-state index contributed by atoms with van der Waals surface area (Å²) in [5.74, 6) is 0.685. The number of carbonyl (C=O) groups is 1. The van der Waals surface area contributed by atoms with Crippen LogP contribution in [0.1, 0.15) is 46.3 Å². The average Bonchev–Trinajstić information content (AvgIpc) is 2.99. The summed E-state index contributed by atoms with van der Waals surface area (Å²) < 4.78 is 5.98. The minimum Gasteiger partial charge on any atom is -0.507 e. The molecule has 1 saturated heterocycles. The lowest BCUT2D eigenvalue weighted by Crippen LogP contribution is -2.29. The van der Waals surface area contributed by atoms with Gasteiger partial charge in [-0.25, -0.2) is 0 Å². The van der Waals surface area contributed by atoms with Crippen molar-refractivity contribution >= 4 is 35.1 Å². The summed E-state index contributed by atoms with van der Waals surface area (Å²) in [5, 5.41) is 11.4. The molecule has 2 aliphatic heterocycles. The van der Waals surface area contributed by atoms with Gasteiger partial charge in [-0.15, -0.1) is 0 Å². The summed E-state index contributed by atoms with van der Waals surface area (Å²) in [7, 11) is 0. The highest BCUT2D eigenvalue weighted by atomic mass is 35.5. The average molecular weight is 418 g/mol. The molecule has 0 radical (unpaired) electrons. The third-order valence-electron chi connectivity index (χ3n) is 5.29. The number of allylic oxidation sites excluding steroid dienone is 1. The number of likely N-dealkylation sites (tertiary alicyclic amines) is 1. The number of phenols is 1. The number of aryl methyl sites for hydroxylation is 1. The lowest BCUT2D eigenvalue weighted by Gasteiger charge is -2.27. The van der Waals surface area contributed by atoms with Gasteiger partial charge in [-0.05, 0) is 68.3 Å². The molecule has 146 valence electrons. The number of phenolic OH excluding ortho intramolecular Hbond substituents is 1. The van der Waals surface area contributed by atoms with Crippen LogP contribution in [0.25, 0.3) is 6.08 Å². The maximum atomic E-state index is 13.0. The summed E-state index contributed by atoms with van der Waals surface area (Å²) >= 11 is 12.0.